The van der Waals surface area contributed by atoms with Gasteiger partial charge in [-0.25, -0.2) is 0 Å². The van der Waals surface area contributed by atoms with Gasteiger partial charge in [0.05, 0.1) is 12.0 Å². The van der Waals surface area contributed by atoms with Crippen LogP contribution in [0, 0.1) is 11.8 Å². The molecular weight excluding hydrogens is 265 g/mol. The number of aliphatic hydroxyl groups is 1. The molecule has 1 fully saturated rings. The standard InChI is InChI=1S/C16H21F3O/c17-16(18,19)14-9-5-4-8-13(14)15(20)11-10-12-6-2-1-3-7-12/h1-3,6-7,13-15,20H,4-5,8-11H2. The number of aliphatic hydroxyl groups excluding tert-OH is 1. The Morgan fingerprint density at radius 2 is 1.75 bits per heavy atom. The fourth-order valence-corrected chi connectivity index (χ4v) is 3.20. The van der Waals surface area contributed by atoms with Gasteiger partial charge in [-0.3, -0.25) is 0 Å². The van der Waals surface area contributed by atoms with Gasteiger partial charge in [0.1, 0.15) is 0 Å². The molecule has 0 heterocycles. The third-order valence-corrected chi connectivity index (χ3v) is 4.31. The highest BCUT2D eigenvalue weighted by atomic mass is 19.4. The summed E-state index contributed by atoms with van der Waals surface area (Å²) in [4.78, 5) is 0. The van der Waals surface area contributed by atoms with Gasteiger partial charge >= 0.3 is 6.18 Å². The lowest BCUT2D eigenvalue weighted by atomic mass is 9.74. The zero-order chi connectivity index (χ0) is 14.6. The Labute approximate surface area is 117 Å². The average molecular weight is 286 g/mol. The van der Waals surface area contributed by atoms with Crippen molar-refractivity contribution in [1.82, 2.24) is 0 Å². The topological polar surface area (TPSA) is 20.2 Å². The van der Waals surface area contributed by atoms with Crippen molar-refractivity contribution < 1.29 is 18.3 Å². The second kappa shape index (κ2) is 6.61. The quantitative estimate of drug-likeness (QED) is 0.872. The Kier molecular flexibility index (Phi) is 5.08. The van der Waals surface area contributed by atoms with Gasteiger partial charge < -0.3 is 5.11 Å². The molecule has 0 aliphatic heterocycles. The summed E-state index contributed by atoms with van der Waals surface area (Å²) in [5, 5.41) is 10.2. The lowest BCUT2D eigenvalue weighted by molar-refractivity contribution is -0.207. The molecule has 2 rings (SSSR count). The summed E-state index contributed by atoms with van der Waals surface area (Å²) in [6.07, 6.45) is -1.95. The van der Waals surface area contributed by atoms with Crippen LogP contribution >= 0.6 is 0 Å². The first kappa shape index (κ1) is 15.4. The van der Waals surface area contributed by atoms with E-state index >= 15 is 0 Å². The molecule has 3 unspecified atom stereocenters. The highest BCUT2D eigenvalue weighted by molar-refractivity contribution is 5.14. The molecule has 0 saturated heterocycles. The third kappa shape index (κ3) is 3.98. The average Bonchev–Trinajstić information content (AvgIpc) is 2.45. The molecule has 1 aromatic rings. The lowest BCUT2D eigenvalue weighted by Crippen LogP contribution is -2.39. The number of hydrogen-bond donors (Lipinski definition) is 1. The zero-order valence-corrected chi connectivity index (χ0v) is 11.4. The summed E-state index contributed by atoms with van der Waals surface area (Å²) in [5.41, 5.74) is 1.06. The summed E-state index contributed by atoms with van der Waals surface area (Å²) in [6, 6.07) is 9.59. The highest BCUT2D eigenvalue weighted by Crippen LogP contribution is 2.43. The lowest BCUT2D eigenvalue weighted by Gasteiger charge is -2.36. The van der Waals surface area contributed by atoms with Crippen LogP contribution in [-0.4, -0.2) is 17.4 Å². The van der Waals surface area contributed by atoms with Crippen molar-refractivity contribution in [3.05, 3.63) is 35.9 Å². The van der Waals surface area contributed by atoms with E-state index in [9.17, 15) is 18.3 Å². The molecule has 0 aromatic heterocycles. The van der Waals surface area contributed by atoms with E-state index in [1.165, 1.54) is 0 Å². The second-order valence-electron chi connectivity index (χ2n) is 5.69. The molecule has 1 aromatic carbocycles. The second-order valence-corrected chi connectivity index (χ2v) is 5.69. The van der Waals surface area contributed by atoms with Crippen molar-refractivity contribution in [2.45, 2.75) is 50.8 Å². The molecular formula is C16H21F3O. The minimum Gasteiger partial charge on any atom is -0.393 e. The first-order chi connectivity index (χ1) is 9.48. The minimum absolute atomic E-state index is 0.163. The van der Waals surface area contributed by atoms with Gasteiger partial charge in [-0.05, 0) is 37.2 Å². The van der Waals surface area contributed by atoms with Gasteiger partial charge in [-0.15, -0.1) is 0 Å². The highest BCUT2D eigenvalue weighted by Gasteiger charge is 2.47. The maximum absolute atomic E-state index is 13.0. The van der Waals surface area contributed by atoms with Crippen LogP contribution in [0.25, 0.3) is 0 Å². The number of alkyl halides is 3. The Balaban J connectivity index is 1.94. The minimum atomic E-state index is -4.18. The molecule has 112 valence electrons. The van der Waals surface area contributed by atoms with E-state index < -0.39 is 24.1 Å². The van der Waals surface area contributed by atoms with Crippen molar-refractivity contribution in [2.75, 3.05) is 0 Å². The van der Waals surface area contributed by atoms with E-state index in [-0.39, 0.29) is 6.42 Å². The molecule has 0 spiro atoms. The fraction of sp³-hybridized carbons (Fsp3) is 0.625. The molecule has 1 nitrogen and oxygen atoms in total. The Hall–Kier alpha value is -1.03. The smallest absolute Gasteiger partial charge is 0.392 e. The summed E-state index contributed by atoms with van der Waals surface area (Å²) in [7, 11) is 0. The van der Waals surface area contributed by atoms with E-state index in [4.69, 9.17) is 0 Å². The van der Waals surface area contributed by atoms with E-state index in [0.717, 1.165) is 12.0 Å². The van der Waals surface area contributed by atoms with Gasteiger partial charge in [0.15, 0.2) is 0 Å². The number of halogens is 3. The molecule has 1 aliphatic carbocycles. The maximum atomic E-state index is 13.0. The van der Waals surface area contributed by atoms with E-state index in [1.807, 2.05) is 30.3 Å². The predicted octanol–water partition coefficient (Wildman–Crippen LogP) is 4.35. The summed E-state index contributed by atoms with van der Waals surface area (Å²) in [5.74, 6) is -1.96. The molecule has 1 N–H and O–H groups in total. The van der Waals surface area contributed by atoms with E-state index in [2.05, 4.69) is 0 Å². The van der Waals surface area contributed by atoms with Crippen molar-refractivity contribution in [3.63, 3.8) is 0 Å². The van der Waals surface area contributed by atoms with E-state index in [0.29, 0.717) is 25.7 Å². The zero-order valence-electron chi connectivity index (χ0n) is 11.4. The summed E-state index contributed by atoms with van der Waals surface area (Å²) in [6.45, 7) is 0. The molecule has 3 atom stereocenters. The molecule has 0 amide bonds. The van der Waals surface area contributed by atoms with Crippen molar-refractivity contribution in [2.24, 2.45) is 11.8 Å². The maximum Gasteiger partial charge on any atom is 0.392 e. The molecule has 0 bridgehead atoms. The van der Waals surface area contributed by atoms with Crippen LogP contribution in [0.15, 0.2) is 30.3 Å². The fourth-order valence-electron chi connectivity index (χ4n) is 3.20. The van der Waals surface area contributed by atoms with Crippen molar-refractivity contribution in [1.29, 1.82) is 0 Å². The molecule has 1 aliphatic rings. The first-order valence-electron chi connectivity index (χ1n) is 7.27. The van der Waals surface area contributed by atoms with E-state index in [1.54, 1.807) is 0 Å². The van der Waals surface area contributed by atoms with Crippen LogP contribution in [0.3, 0.4) is 0 Å². The van der Waals surface area contributed by atoms with Gasteiger partial charge in [-0.1, -0.05) is 43.2 Å². The Morgan fingerprint density at radius 1 is 1.10 bits per heavy atom. The first-order valence-corrected chi connectivity index (χ1v) is 7.27. The van der Waals surface area contributed by atoms with Gasteiger partial charge in [-0.2, -0.15) is 13.2 Å². The van der Waals surface area contributed by atoms with Gasteiger partial charge in [0, 0.05) is 0 Å². The van der Waals surface area contributed by atoms with Gasteiger partial charge in [0.2, 0.25) is 0 Å². The van der Waals surface area contributed by atoms with Crippen LogP contribution in [0.4, 0.5) is 13.2 Å². The monoisotopic (exact) mass is 286 g/mol. The number of hydrogen-bond acceptors (Lipinski definition) is 1. The van der Waals surface area contributed by atoms with Crippen LogP contribution < -0.4 is 0 Å². The van der Waals surface area contributed by atoms with Crippen molar-refractivity contribution in [3.8, 4) is 0 Å². The Morgan fingerprint density at radius 3 is 2.40 bits per heavy atom. The molecule has 4 heteroatoms. The van der Waals surface area contributed by atoms with Crippen LogP contribution in [0.1, 0.15) is 37.7 Å². The molecule has 1 saturated carbocycles. The largest absolute Gasteiger partial charge is 0.393 e. The summed E-state index contributed by atoms with van der Waals surface area (Å²) < 4.78 is 39.0. The SMILES string of the molecule is OC(CCc1ccccc1)C1CCCCC1C(F)(F)F. The summed E-state index contributed by atoms with van der Waals surface area (Å²) >= 11 is 0. The molecule has 0 radical (unpaired) electrons. The third-order valence-electron chi connectivity index (χ3n) is 4.31. The normalized spacial score (nSPS) is 25.4. The van der Waals surface area contributed by atoms with Crippen molar-refractivity contribution >= 4 is 0 Å². The van der Waals surface area contributed by atoms with Gasteiger partial charge in [0.25, 0.3) is 0 Å². The number of aryl methyl sites for hydroxylation is 1. The van der Waals surface area contributed by atoms with Crippen LogP contribution in [-0.2, 0) is 6.42 Å². The predicted molar refractivity (Wildman–Crippen MR) is 72.3 cm³/mol. The Bertz CT molecular complexity index is 402. The number of benzene rings is 1. The van der Waals surface area contributed by atoms with Crippen LogP contribution in [0.5, 0.6) is 0 Å². The number of rotatable bonds is 4. The van der Waals surface area contributed by atoms with Crippen LogP contribution in [0.2, 0.25) is 0 Å². The molecule has 20 heavy (non-hydrogen) atoms.